The molecule has 1 unspecified atom stereocenters. The predicted molar refractivity (Wildman–Crippen MR) is 33.0 cm³/mol. The van der Waals surface area contributed by atoms with Crippen LogP contribution in [0.2, 0.25) is 0 Å². The second-order valence-electron chi connectivity index (χ2n) is 2.91. The van der Waals surface area contributed by atoms with E-state index in [-0.39, 0.29) is 24.5 Å². The van der Waals surface area contributed by atoms with Crippen molar-refractivity contribution in [3.05, 3.63) is 0 Å². The van der Waals surface area contributed by atoms with Gasteiger partial charge in [0.1, 0.15) is 5.78 Å². The molecule has 1 rings (SSSR count). The third-order valence-electron chi connectivity index (χ3n) is 1.98. The maximum absolute atomic E-state index is 12.4. The van der Waals surface area contributed by atoms with E-state index in [1.54, 1.807) is 0 Å². The fourth-order valence-corrected chi connectivity index (χ4v) is 1.30. The lowest BCUT2D eigenvalue weighted by Crippen LogP contribution is -2.12. The molecule has 10 heavy (non-hydrogen) atoms. The molecule has 1 aliphatic rings. The molecule has 0 saturated heterocycles. The van der Waals surface area contributed by atoms with Crippen molar-refractivity contribution in [2.75, 3.05) is 0 Å². The van der Waals surface area contributed by atoms with E-state index in [2.05, 4.69) is 0 Å². The molecule has 0 aliphatic heterocycles. The first-order chi connectivity index (χ1) is 4.51. The van der Waals surface area contributed by atoms with Crippen LogP contribution in [0.4, 0.5) is 8.78 Å². The molecule has 0 N–H and O–H groups in total. The summed E-state index contributed by atoms with van der Waals surface area (Å²) in [7, 11) is 0. The van der Waals surface area contributed by atoms with E-state index >= 15 is 0 Å². The number of Topliss-reactive ketones (excluding diaryl/α,β-unsaturated/α-hetero) is 1. The topological polar surface area (TPSA) is 17.1 Å². The van der Waals surface area contributed by atoms with Crippen molar-refractivity contribution in [3.63, 3.8) is 0 Å². The lowest BCUT2D eigenvalue weighted by Gasteiger charge is -2.06. The van der Waals surface area contributed by atoms with Crippen LogP contribution in [0.5, 0.6) is 0 Å². The molecule has 0 amide bonds. The predicted octanol–water partition coefficient (Wildman–Crippen LogP) is 2.01. The number of carbonyl (C=O) groups is 1. The van der Waals surface area contributed by atoms with Crippen molar-refractivity contribution in [2.24, 2.45) is 5.92 Å². The van der Waals surface area contributed by atoms with Crippen LogP contribution in [0.3, 0.4) is 0 Å². The molecule has 1 atom stereocenters. The lowest BCUT2D eigenvalue weighted by molar-refractivity contribution is -0.121. The zero-order valence-electron chi connectivity index (χ0n) is 5.86. The van der Waals surface area contributed by atoms with Crippen molar-refractivity contribution in [1.29, 1.82) is 0 Å². The maximum Gasteiger partial charge on any atom is 0.248 e. The highest BCUT2D eigenvalue weighted by Gasteiger charge is 2.40. The first kappa shape index (κ1) is 7.63. The van der Waals surface area contributed by atoms with E-state index in [0.717, 1.165) is 0 Å². The molecule has 0 aromatic heterocycles. The van der Waals surface area contributed by atoms with Gasteiger partial charge in [-0.2, -0.15) is 0 Å². The Labute approximate surface area is 58.4 Å². The Morgan fingerprint density at radius 3 is 2.40 bits per heavy atom. The quantitative estimate of drug-likeness (QED) is 0.556. The van der Waals surface area contributed by atoms with Crippen LogP contribution in [0.15, 0.2) is 0 Å². The summed E-state index contributed by atoms with van der Waals surface area (Å²) in [4.78, 5) is 10.6. The van der Waals surface area contributed by atoms with Gasteiger partial charge in [0.05, 0.1) is 0 Å². The van der Waals surface area contributed by atoms with E-state index in [1.165, 1.54) is 6.92 Å². The number of rotatable bonds is 1. The van der Waals surface area contributed by atoms with Crippen molar-refractivity contribution < 1.29 is 13.6 Å². The van der Waals surface area contributed by atoms with Gasteiger partial charge in [0.15, 0.2) is 0 Å². The SMILES string of the molecule is CC(=O)C1CCC(F)(F)C1. The standard InChI is InChI=1S/C7H10F2O/c1-5(10)6-2-3-7(8,9)4-6/h6H,2-4H2,1H3. The summed E-state index contributed by atoms with van der Waals surface area (Å²) < 4.78 is 24.8. The van der Waals surface area contributed by atoms with Gasteiger partial charge in [0.2, 0.25) is 5.92 Å². The fraction of sp³-hybridized carbons (Fsp3) is 0.857. The van der Waals surface area contributed by atoms with Crippen LogP contribution in [-0.2, 0) is 4.79 Å². The zero-order chi connectivity index (χ0) is 7.78. The fourth-order valence-electron chi connectivity index (χ4n) is 1.30. The van der Waals surface area contributed by atoms with Gasteiger partial charge in [0, 0.05) is 18.8 Å². The van der Waals surface area contributed by atoms with Crippen molar-refractivity contribution in [2.45, 2.75) is 32.1 Å². The Hall–Kier alpha value is -0.470. The van der Waals surface area contributed by atoms with Gasteiger partial charge in [-0.15, -0.1) is 0 Å². The Bertz CT molecular complexity index is 154. The molecule has 58 valence electrons. The monoisotopic (exact) mass is 148 g/mol. The number of halogens is 2. The highest BCUT2D eigenvalue weighted by atomic mass is 19.3. The Balaban J connectivity index is 2.51. The van der Waals surface area contributed by atoms with E-state index in [1.807, 2.05) is 0 Å². The summed E-state index contributed by atoms with van der Waals surface area (Å²) in [6.07, 6.45) is 0.0158. The van der Waals surface area contributed by atoms with Crippen LogP contribution >= 0.6 is 0 Å². The van der Waals surface area contributed by atoms with Gasteiger partial charge in [-0.1, -0.05) is 0 Å². The van der Waals surface area contributed by atoms with Crippen LogP contribution in [-0.4, -0.2) is 11.7 Å². The molecule has 0 radical (unpaired) electrons. The molecule has 0 aromatic carbocycles. The van der Waals surface area contributed by atoms with Crippen molar-refractivity contribution in [1.82, 2.24) is 0 Å². The second-order valence-corrected chi connectivity index (χ2v) is 2.91. The minimum atomic E-state index is -2.57. The van der Waals surface area contributed by atoms with Gasteiger partial charge in [0.25, 0.3) is 0 Å². The Morgan fingerprint density at radius 2 is 2.20 bits per heavy atom. The summed E-state index contributed by atoms with van der Waals surface area (Å²) >= 11 is 0. The number of hydrogen-bond acceptors (Lipinski definition) is 1. The van der Waals surface area contributed by atoms with E-state index in [0.29, 0.717) is 6.42 Å². The summed E-state index contributed by atoms with van der Waals surface area (Å²) in [5.41, 5.74) is 0. The van der Waals surface area contributed by atoms with Gasteiger partial charge in [-0.25, -0.2) is 8.78 Å². The average molecular weight is 148 g/mol. The smallest absolute Gasteiger partial charge is 0.248 e. The second kappa shape index (κ2) is 2.29. The molecule has 3 heteroatoms. The molecular formula is C7H10F2O. The first-order valence-electron chi connectivity index (χ1n) is 3.39. The summed E-state index contributed by atoms with van der Waals surface area (Å²) in [5, 5.41) is 0. The Kier molecular flexibility index (Phi) is 1.75. The molecule has 0 spiro atoms. The van der Waals surface area contributed by atoms with Gasteiger partial charge >= 0.3 is 0 Å². The molecule has 0 heterocycles. The average Bonchev–Trinajstić information content (AvgIpc) is 2.10. The summed E-state index contributed by atoms with van der Waals surface area (Å²) in [6, 6.07) is 0. The Morgan fingerprint density at radius 1 is 1.60 bits per heavy atom. The zero-order valence-corrected chi connectivity index (χ0v) is 5.86. The van der Waals surface area contributed by atoms with Crippen molar-refractivity contribution >= 4 is 5.78 Å². The molecule has 0 bridgehead atoms. The van der Waals surface area contributed by atoms with Crippen LogP contribution in [0, 0.1) is 5.92 Å². The summed E-state index contributed by atoms with van der Waals surface area (Å²) in [5.74, 6) is -3.05. The van der Waals surface area contributed by atoms with E-state index in [9.17, 15) is 13.6 Å². The number of ketones is 1. The highest BCUT2D eigenvalue weighted by molar-refractivity contribution is 5.78. The number of carbonyl (C=O) groups excluding carboxylic acids is 1. The van der Waals surface area contributed by atoms with Gasteiger partial charge < -0.3 is 0 Å². The highest BCUT2D eigenvalue weighted by Crippen LogP contribution is 2.38. The van der Waals surface area contributed by atoms with Crippen molar-refractivity contribution in [3.8, 4) is 0 Å². The first-order valence-corrected chi connectivity index (χ1v) is 3.39. The third-order valence-corrected chi connectivity index (χ3v) is 1.98. The molecule has 1 nitrogen and oxygen atoms in total. The molecule has 0 aromatic rings. The minimum absolute atomic E-state index is 0.0998. The molecular weight excluding hydrogens is 138 g/mol. The van der Waals surface area contributed by atoms with Gasteiger partial charge in [-0.3, -0.25) is 4.79 Å². The maximum atomic E-state index is 12.4. The number of alkyl halides is 2. The normalized spacial score (nSPS) is 30.5. The third kappa shape index (κ3) is 1.52. The number of hydrogen-bond donors (Lipinski definition) is 0. The van der Waals surface area contributed by atoms with Crippen LogP contribution in [0.25, 0.3) is 0 Å². The molecule has 1 fully saturated rings. The van der Waals surface area contributed by atoms with Crippen LogP contribution < -0.4 is 0 Å². The minimum Gasteiger partial charge on any atom is -0.300 e. The molecule has 1 aliphatic carbocycles. The largest absolute Gasteiger partial charge is 0.300 e. The lowest BCUT2D eigenvalue weighted by atomic mass is 10.0. The molecule has 1 saturated carbocycles. The summed E-state index contributed by atoms with van der Waals surface area (Å²) in [6.45, 7) is 1.38. The van der Waals surface area contributed by atoms with E-state index < -0.39 is 5.92 Å². The van der Waals surface area contributed by atoms with E-state index in [4.69, 9.17) is 0 Å². The van der Waals surface area contributed by atoms with Crippen LogP contribution in [0.1, 0.15) is 26.2 Å². The van der Waals surface area contributed by atoms with Gasteiger partial charge in [-0.05, 0) is 13.3 Å².